The third-order valence-electron chi connectivity index (χ3n) is 3.64. The van der Waals surface area contributed by atoms with E-state index in [1.54, 1.807) is 18.9 Å². The van der Waals surface area contributed by atoms with Crippen LogP contribution in [0.1, 0.15) is 28.4 Å². The van der Waals surface area contributed by atoms with Crippen molar-refractivity contribution >= 4 is 11.8 Å². The van der Waals surface area contributed by atoms with Crippen LogP contribution in [0.15, 0.2) is 41.3 Å². The Morgan fingerprint density at radius 2 is 1.75 bits per heavy atom. The van der Waals surface area contributed by atoms with E-state index in [1.807, 2.05) is 56.5 Å². The number of thioether (sulfide) groups is 1. The molecule has 20 heavy (non-hydrogen) atoms. The summed E-state index contributed by atoms with van der Waals surface area (Å²) in [5.41, 5.74) is 3.97. The summed E-state index contributed by atoms with van der Waals surface area (Å²) in [6.45, 7) is 4.06. The molecule has 0 saturated heterocycles. The van der Waals surface area contributed by atoms with Gasteiger partial charge in [0, 0.05) is 10.5 Å². The van der Waals surface area contributed by atoms with E-state index in [0.29, 0.717) is 0 Å². The number of aliphatic hydroxyl groups excluding tert-OH is 1. The van der Waals surface area contributed by atoms with Crippen LogP contribution in [-0.2, 0) is 0 Å². The van der Waals surface area contributed by atoms with Crippen molar-refractivity contribution < 1.29 is 9.84 Å². The van der Waals surface area contributed by atoms with Crippen molar-refractivity contribution in [2.75, 3.05) is 13.4 Å². The highest BCUT2D eigenvalue weighted by molar-refractivity contribution is 7.98. The predicted octanol–water partition coefficient (Wildman–Crippen LogP) is 4.12. The molecule has 2 nitrogen and oxygen atoms in total. The lowest BCUT2D eigenvalue weighted by Gasteiger charge is -2.20. The Bertz CT molecular complexity index is 608. The number of aliphatic hydroxyl groups is 1. The average molecular weight is 288 g/mol. The minimum absolute atomic E-state index is 0.673. The average Bonchev–Trinajstić information content (AvgIpc) is 2.49. The van der Waals surface area contributed by atoms with Crippen LogP contribution in [0, 0.1) is 13.8 Å². The summed E-state index contributed by atoms with van der Waals surface area (Å²) >= 11 is 1.64. The van der Waals surface area contributed by atoms with E-state index in [4.69, 9.17) is 4.74 Å². The molecular weight excluding hydrogens is 268 g/mol. The van der Waals surface area contributed by atoms with Gasteiger partial charge in [-0.25, -0.2) is 0 Å². The standard InChI is InChI=1S/C17H20O2S/c1-11-9-10-14(17(19-3)12(11)2)16(18)13-7-5-6-8-15(13)20-4/h5-10,16,18H,1-4H3. The Kier molecular flexibility index (Phi) is 4.73. The summed E-state index contributed by atoms with van der Waals surface area (Å²) in [4.78, 5) is 1.08. The smallest absolute Gasteiger partial charge is 0.128 e. The van der Waals surface area contributed by atoms with Gasteiger partial charge in [0.2, 0.25) is 0 Å². The second-order valence-corrected chi connectivity index (χ2v) is 5.62. The molecule has 106 valence electrons. The van der Waals surface area contributed by atoms with Crippen molar-refractivity contribution in [3.05, 3.63) is 58.7 Å². The first kappa shape index (κ1) is 14.9. The third-order valence-corrected chi connectivity index (χ3v) is 4.45. The number of aryl methyl sites for hydroxylation is 1. The molecule has 2 rings (SSSR count). The van der Waals surface area contributed by atoms with Crippen LogP contribution >= 0.6 is 11.8 Å². The molecule has 2 aromatic carbocycles. The van der Waals surface area contributed by atoms with E-state index in [2.05, 4.69) is 0 Å². The lowest BCUT2D eigenvalue weighted by atomic mass is 9.96. The quantitative estimate of drug-likeness (QED) is 0.858. The van der Waals surface area contributed by atoms with Crippen LogP contribution < -0.4 is 4.74 Å². The predicted molar refractivity (Wildman–Crippen MR) is 84.8 cm³/mol. The summed E-state index contributed by atoms with van der Waals surface area (Å²) < 4.78 is 5.51. The van der Waals surface area contributed by atoms with Gasteiger partial charge in [0.15, 0.2) is 0 Å². The largest absolute Gasteiger partial charge is 0.496 e. The van der Waals surface area contributed by atoms with Crippen molar-refractivity contribution in [1.82, 2.24) is 0 Å². The Labute approximate surface area is 124 Å². The van der Waals surface area contributed by atoms with Gasteiger partial charge < -0.3 is 9.84 Å². The molecule has 2 aromatic rings. The van der Waals surface area contributed by atoms with E-state index in [-0.39, 0.29) is 0 Å². The molecule has 0 aliphatic carbocycles. The monoisotopic (exact) mass is 288 g/mol. The van der Waals surface area contributed by atoms with Crippen molar-refractivity contribution in [1.29, 1.82) is 0 Å². The van der Waals surface area contributed by atoms with Crippen molar-refractivity contribution in [2.24, 2.45) is 0 Å². The summed E-state index contributed by atoms with van der Waals surface area (Å²) in [6, 6.07) is 11.9. The van der Waals surface area contributed by atoms with Crippen molar-refractivity contribution in [3.63, 3.8) is 0 Å². The van der Waals surface area contributed by atoms with Crippen molar-refractivity contribution in [3.8, 4) is 5.75 Å². The lowest BCUT2D eigenvalue weighted by Crippen LogP contribution is -2.05. The van der Waals surface area contributed by atoms with Crippen LogP contribution in [0.2, 0.25) is 0 Å². The van der Waals surface area contributed by atoms with Crippen LogP contribution in [-0.4, -0.2) is 18.5 Å². The minimum atomic E-state index is -0.673. The highest BCUT2D eigenvalue weighted by atomic mass is 32.2. The fourth-order valence-corrected chi connectivity index (χ4v) is 2.99. The maximum atomic E-state index is 10.7. The molecule has 0 aliphatic heterocycles. The Morgan fingerprint density at radius 3 is 2.40 bits per heavy atom. The number of hydrogen-bond donors (Lipinski definition) is 1. The topological polar surface area (TPSA) is 29.5 Å². The van der Waals surface area contributed by atoms with Gasteiger partial charge in [-0.3, -0.25) is 0 Å². The van der Waals surface area contributed by atoms with E-state index >= 15 is 0 Å². The van der Waals surface area contributed by atoms with Crippen LogP contribution in [0.4, 0.5) is 0 Å². The Balaban J connectivity index is 2.53. The first-order valence-corrected chi connectivity index (χ1v) is 7.77. The normalized spacial score (nSPS) is 12.2. The second-order valence-electron chi connectivity index (χ2n) is 4.77. The van der Waals surface area contributed by atoms with E-state index in [9.17, 15) is 5.11 Å². The Hall–Kier alpha value is -1.45. The van der Waals surface area contributed by atoms with Gasteiger partial charge in [-0.2, -0.15) is 0 Å². The zero-order valence-electron chi connectivity index (χ0n) is 12.3. The minimum Gasteiger partial charge on any atom is -0.496 e. The lowest BCUT2D eigenvalue weighted by molar-refractivity contribution is 0.211. The summed E-state index contributed by atoms with van der Waals surface area (Å²) in [6.07, 6.45) is 1.34. The van der Waals surface area contributed by atoms with Crippen LogP contribution in [0.3, 0.4) is 0 Å². The van der Waals surface area contributed by atoms with Gasteiger partial charge in [0.1, 0.15) is 11.9 Å². The number of benzene rings is 2. The van der Waals surface area contributed by atoms with Gasteiger partial charge in [-0.1, -0.05) is 30.3 Å². The fourth-order valence-electron chi connectivity index (χ4n) is 2.36. The second kappa shape index (κ2) is 6.33. The van der Waals surface area contributed by atoms with E-state index in [0.717, 1.165) is 32.9 Å². The molecule has 0 bridgehead atoms. The summed E-state index contributed by atoms with van der Waals surface area (Å²) in [5, 5.41) is 10.7. The Morgan fingerprint density at radius 1 is 1.05 bits per heavy atom. The summed E-state index contributed by atoms with van der Waals surface area (Å²) in [5.74, 6) is 0.772. The molecule has 0 aromatic heterocycles. The maximum absolute atomic E-state index is 10.7. The number of hydrogen-bond acceptors (Lipinski definition) is 3. The molecule has 0 saturated carbocycles. The first-order chi connectivity index (χ1) is 9.60. The fraction of sp³-hybridized carbons (Fsp3) is 0.294. The SMILES string of the molecule is COc1c(C(O)c2ccccc2SC)ccc(C)c1C. The highest BCUT2D eigenvalue weighted by Gasteiger charge is 2.19. The maximum Gasteiger partial charge on any atom is 0.128 e. The molecule has 0 radical (unpaired) electrons. The highest BCUT2D eigenvalue weighted by Crippen LogP contribution is 2.36. The molecule has 0 heterocycles. The molecule has 3 heteroatoms. The molecule has 1 atom stereocenters. The molecule has 0 aliphatic rings. The zero-order chi connectivity index (χ0) is 14.7. The molecule has 0 fully saturated rings. The molecule has 0 amide bonds. The number of rotatable bonds is 4. The van der Waals surface area contributed by atoms with Crippen LogP contribution in [0.5, 0.6) is 5.75 Å². The number of ether oxygens (including phenoxy) is 1. The zero-order valence-corrected chi connectivity index (χ0v) is 13.1. The first-order valence-electron chi connectivity index (χ1n) is 6.55. The van der Waals surface area contributed by atoms with E-state index < -0.39 is 6.10 Å². The molecule has 1 N–H and O–H groups in total. The van der Waals surface area contributed by atoms with Gasteiger partial charge in [-0.15, -0.1) is 11.8 Å². The molecule has 0 spiro atoms. The van der Waals surface area contributed by atoms with Crippen LogP contribution in [0.25, 0.3) is 0 Å². The van der Waals surface area contributed by atoms with Gasteiger partial charge in [0.25, 0.3) is 0 Å². The third kappa shape index (κ3) is 2.69. The molecule has 1 unspecified atom stereocenters. The summed E-state index contributed by atoms with van der Waals surface area (Å²) in [7, 11) is 1.65. The van der Waals surface area contributed by atoms with Crippen molar-refractivity contribution in [2.45, 2.75) is 24.8 Å². The number of methoxy groups -OCH3 is 1. The van der Waals surface area contributed by atoms with Gasteiger partial charge in [0.05, 0.1) is 7.11 Å². The van der Waals surface area contributed by atoms with Gasteiger partial charge >= 0.3 is 0 Å². The van der Waals surface area contributed by atoms with Gasteiger partial charge in [-0.05, 0) is 42.9 Å². The van der Waals surface area contributed by atoms with E-state index in [1.165, 1.54) is 0 Å². The molecular formula is C17H20O2S.